The minimum Gasteiger partial charge on any atom is -0.218 e. The van der Waals surface area contributed by atoms with E-state index in [0.29, 0.717) is 11.1 Å². The van der Waals surface area contributed by atoms with Crippen LogP contribution in [-0.2, 0) is 21.6 Å². The highest BCUT2D eigenvalue weighted by Crippen LogP contribution is 2.28. The summed E-state index contributed by atoms with van der Waals surface area (Å²) in [5.41, 5.74) is 1.18. The van der Waals surface area contributed by atoms with Gasteiger partial charge in [0.25, 0.3) is 0 Å². The minimum absolute atomic E-state index is 0.151. The molecule has 0 atom stereocenters. The maximum absolute atomic E-state index is 12.7. The number of halogens is 2. The minimum atomic E-state index is -3.59. The largest absolute Gasteiger partial charge is 0.218 e. The molecule has 0 heterocycles. The summed E-state index contributed by atoms with van der Waals surface area (Å²) in [5, 5.41) is 0. The van der Waals surface area contributed by atoms with Crippen molar-refractivity contribution in [2.75, 3.05) is 0 Å². The van der Waals surface area contributed by atoms with Gasteiger partial charge in [-0.1, -0.05) is 36.4 Å². The molecule has 0 radical (unpaired) electrons. The van der Waals surface area contributed by atoms with Crippen molar-refractivity contribution in [2.45, 2.75) is 21.6 Å². The van der Waals surface area contributed by atoms with Gasteiger partial charge in [-0.15, -0.1) is 23.2 Å². The molecule has 0 aliphatic heterocycles. The molecule has 100 valence electrons. The van der Waals surface area contributed by atoms with Crippen LogP contribution in [0.1, 0.15) is 11.1 Å². The van der Waals surface area contributed by atoms with Gasteiger partial charge in [-0.2, -0.15) is 0 Å². The quantitative estimate of drug-likeness (QED) is 0.799. The van der Waals surface area contributed by atoms with Crippen LogP contribution in [0.15, 0.2) is 58.3 Å². The number of rotatable bonds is 4. The third kappa shape index (κ3) is 2.78. The van der Waals surface area contributed by atoms with Crippen LogP contribution in [0.4, 0.5) is 0 Å². The van der Waals surface area contributed by atoms with Crippen molar-refractivity contribution in [3.63, 3.8) is 0 Å². The van der Waals surface area contributed by atoms with Crippen molar-refractivity contribution in [1.29, 1.82) is 0 Å². The number of hydrogen-bond acceptors (Lipinski definition) is 2. The Hall–Kier alpha value is -1.03. The van der Waals surface area contributed by atoms with Gasteiger partial charge >= 0.3 is 0 Å². The van der Waals surface area contributed by atoms with Crippen molar-refractivity contribution in [3.05, 3.63) is 59.7 Å². The third-order valence-electron chi connectivity index (χ3n) is 2.81. The molecule has 19 heavy (non-hydrogen) atoms. The smallest absolute Gasteiger partial charge is 0.207 e. The van der Waals surface area contributed by atoms with Crippen LogP contribution in [-0.4, -0.2) is 8.42 Å². The van der Waals surface area contributed by atoms with Gasteiger partial charge in [-0.3, -0.25) is 0 Å². The summed E-state index contributed by atoms with van der Waals surface area (Å²) in [6.07, 6.45) is 0. The molecule has 0 fully saturated rings. The van der Waals surface area contributed by atoms with Gasteiger partial charge in [0.1, 0.15) is 0 Å². The maximum atomic E-state index is 12.7. The van der Waals surface area contributed by atoms with Crippen LogP contribution < -0.4 is 0 Å². The van der Waals surface area contributed by atoms with E-state index in [1.165, 1.54) is 0 Å². The first kappa shape index (κ1) is 14.4. The highest BCUT2D eigenvalue weighted by atomic mass is 35.5. The zero-order valence-corrected chi connectivity index (χ0v) is 12.3. The zero-order chi connectivity index (χ0) is 13.9. The summed E-state index contributed by atoms with van der Waals surface area (Å²) in [5.74, 6) is 0.302. The predicted molar refractivity (Wildman–Crippen MR) is 77.4 cm³/mol. The predicted octanol–water partition coefficient (Wildman–Crippen LogP) is 4.00. The summed E-state index contributed by atoms with van der Waals surface area (Å²) >= 11 is 11.6. The molecule has 0 aromatic heterocycles. The summed E-state index contributed by atoms with van der Waals surface area (Å²) < 4.78 is 25.4. The first-order valence-electron chi connectivity index (χ1n) is 5.64. The highest BCUT2D eigenvalue weighted by Gasteiger charge is 2.22. The van der Waals surface area contributed by atoms with Gasteiger partial charge < -0.3 is 0 Å². The Morgan fingerprint density at radius 2 is 1.11 bits per heavy atom. The lowest BCUT2D eigenvalue weighted by atomic mass is 10.2. The fraction of sp³-hybridized carbons (Fsp3) is 0.143. The van der Waals surface area contributed by atoms with E-state index in [0.717, 1.165) is 0 Å². The lowest BCUT2D eigenvalue weighted by Crippen LogP contribution is -2.07. The lowest BCUT2D eigenvalue weighted by Gasteiger charge is -2.11. The van der Waals surface area contributed by atoms with Crippen LogP contribution in [0.2, 0.25) is 0 Å². The number of sulfone groups is 1. The van der Waals surface area contributed by atoms with Gasteiger partial charge in [-0.05, 0) is 23.3 Å². The Labute approximate surface area is 122 Å². The molecule has 0 saturated carbocycles. The van der Waals surface area contributed by atoms with E-state index in [1.807, 2.05) is 0 Å². The van der Waals surface area contributed by atoms with Crippen LogP contribution >= 0.6 is 23.2 Å². The molecule has 0 saturated heterocycles. The average Bonchev–Trinajstić information content (AvgIpc) is 2.47. The molecule has 5 heteroatoms. The molecule has 0 N–H and O–H groups in total. The van der Waals surface area contributed by atoms with Gasteiger partial charge in [0, 0.05) is 11.8 Å². The molecule has 0 bridgehead atoms. The van der Waals surface area contributed by atoms with E-state index >= 15 is 0 Å². The topological polar surface area (TPSA) is 34.1 Å². The van der Waals surface area contributed by atoms with E-state index < -0.39 is 9.84 Å². The molecular formula is C14H12Cl2O2S. The molecule has 0 unspecified atom stereocenters. The second-order valence-corrected chi connectivity index (χ2v) is 6.41. The fourth-order valence-corrected chi connectivity index (χ4v) is 4.22. The van der Waals surface area contributed by atoms with Crippen LogP contribution in [0.25, 0.3) is 0 Å². The summed E-state index contributed by atoms with van der Waals surface area (Å²) in [7, 11) is -3.59. The van der Waals surface area contributed by atoms with E-state index in [-0.39, 0.29) is 21.6 Å². The van der Waals surface area contributed by atoms with Crippen molar-refractivity contribution >= 4 is 33.0 Å². The summed E-state index contributed by atoms with van der Waals surface area (Å²) in [6.45, 7) is 0. The van der Waals surface area contributed by atoms with E-state index in [4.69, 9.17) is 23.2 Å². The normalized spacial score (nSPS) is 11.5. The van der Waals surface area contributed by atoms with Crippen molar-refractivity contribution in [1.82, 2.24) is 0 Å². The second kappa shape index (κ2) is 5.95. The second-order valence-electron chi connectivity index (χ2n) is 3.99. The van der Waals surface area contributed by atoms with Crippen LogP contribution in [0.3, 0.4) is 0 Å². The molecular weight excluding hydrogens is 303 g/mol. The molecule has 0 spiro atoms. The van der Waals surface area contributed by atoms with Crippen LogP contribution in [0, 0.1) is 0 Å². The Balaban J connectivity index is 2.66. The van der Waals surface area contributed by atoms with Crippen molar-refractivity contribution < 1.29 is 8.42 Å². The Morgan fingerprint density at radius 3 is 1.47 bits per heavy atom. The average molecular weight is 315 g/mol. The number of hydrogen-bond donors (Lipinski definition) is 0. The van der Waals surface area contributed by atoms with Gasteiger partial charge in [0.05, 0.1) is 9.79 Å². The highest BCUT2D eigenvalue weighted by molar-refractivity contribution is 7.91. The molecule has 2 rings (SSSR count). The molecule has 2 aromatic carbocycles. The summed E-state index contributed by atoms with van der Waals surface area (Å²) in [6, 6.07) is 13.5. The third-order valence-corrected chi connectivity index (χ3v) is 5.34. The molecule has 2 aromatic rings. The van der Waals surface area contributed by atoms with Gasteiger partial charge in [0.2, 0.25) is 9.84 Å². The van der Waals surface area contributed by atoms with Gasteiger partial charge in [-0.25, -0.2) is 8.42 Å². The SMILES string of the molecule is O=S(=O)(c1ccccc1CCl)c1ccccc1CCl. The Morgan fingerprint density at radius 1 is 0.737 bits per heavy atom. The van der Waals surface area contributed by atoms with E-state index in [9.17, 15) is 8.42 Å². The van der Waals surface area contributed by atoms with Crippen molar-refractivity contribution in [2.24, 2.45) is 0 Å². The zero-order valence-electron chi connectivity index (χ0n) is 10.0. The number of benzene rings is 2. The molecule has 2 nitrogen and oxygen atoms in total. The van der Waals surface area contributed by atoms with Gasteiger partial charge in [0.15, 0.2) is 0 Å². The molecule has 0 amide bonds. The maximum Gasteiger partial charge on any atom is 0.207 e. The monoisotopic (exact) mass is 314 g/mol. The first-order valence-corrected chi connectivity index (χ1v) is 8.19. The summed E-state index contributed by atoms with van der Waals surface area (Å²) in [4.78, 5) is 0.477. The van der Waals surface area contributed by atoms with E-state index in [2.05, 4.69) is 0 Å². The van der Waals surface area contributed by atoms with Crippen molar-refractivity contribution in [3.8, 4) is 0 Å². The lowest BCUT2D eigenvalue weighted by molar-refractivity contribution is 0.594. The Bertz CT molecular complexity index is 628. The molecule has 0 aliphatic carbocycles. The standard InChI is InChI=1S/C14H12Cl2O2S/c15-9-11-5-1-3-7-13(11)19(17,18)14-8-4-2-6-12(14)10-16/h1-8H,9-10H2. The van der Waals surface area contributed by atoms with Crippen LogP contribution in [0.5, 0.6) is 0 Å². The first-order chi connectivity index (χ1) is 9.11. The fourth-order valence-electron chi connectivity index (χ4n) is 1.87. The molecule has 0 aliphatic rings. The Kier molecular flexibility index (Phi) is 4.50. The van der Waals surface area contributed by atoms with E-state index in [1.54, 1.807) is 48.5 Å². The number of alkyl halides is 2.